The molecule has 3 heterocycles. The highest BCUT2D eigenvalue weighted by atomic mass is 32.2. The van der Waals surface area contributed by atoms with Gasteiger partial charge in [0.2, 0.25) is 5.95 Å². The maximum Gasteiger partial charge on any atom is 0.228 e. The summed E-state index contributed by atoms with van der Waals surface area (Å²) in [7, 11) is 0. The van der Waals surface area contributed by atoms with Crippen LogP contribution in [0.25, 0.3) is 16.7 Å². The number of rotatable bonds is 5. The van der Waals surface area contributed by atoms with E-state index in [9.17, 15) is 0 Å². The second kappa shape index (κ2) is 6.08. The van der Waals surface area contributed by atoms with Crippen LogP contribution in [0.4, 0.5) is 5.95 Å². The van der Waals surface area contributed by atoms with Gasteiger partial charge in [-0.2, -0.15) is 14.6 Å². The molecule has 0 aliphatic carbocycles. The van der Waals surface area contributed by atoms with Gasteiger partial charge >= 0.3 is 0 Å². The molecule has 4 aromatic rings. The van der Waals surface area contributed by atoms with Crippen LogP contribution in [0, 0.1) is 0 Å². The average Bonchev–Trinajstić information content (AvgIpc) is 3.25. The third-order valence-corrected chi connectivity index (χ3v) is 4.34. The summed E-state index contributed by atoms with van der Waals surface area (Å²) in [6.45, 7) is 2.62. The lowest BCUT2D eigenvalue weighted by molar-refractivity contribution is 0.315. The molecule has 0 saturated carbocycles. The molecule has 4 rings (SSSR count). The molecular formula is C15H15N7OS. The molecule has 0 amide bonds. The Kier molecular flexibility index (Phi) is 3.77. The van der Waals surface area contributed by atoms with E-state index in [0.29, 0.717) is 17.6 Å². The standard InChI is InChI=1S/C15H15N7OS/c1-3-9-8-17-22-13(9)18-15(24-2)19-14(22)16-7-10-5-4-6-11-12(10)21-23-20-11/h4-6,8H,3,7H2,1-2H3,(H,16,18,19). The van der Waals surface area contributed by atoms with Gasteiger partial charge in [0, 0.05) is 17.7 Å². The van der Waals surface area contributed by atoms with Crippen molar-refractivity contribution < 1.29 is 4.63 Å². The highest BCUT2D eigenvalue weighted by molar-refractivity contribution is 7.98. The highest BCUT2D eigenvalue weighted by Crippen LogP contribution is 2.20. The predicted molar refractivity (Wildman–Crippen MR) is 91.1 cm³/mol. The number of benzene rings is 1. The van der Waals surface area contributed by atoms with E-state index in [2.05, 4.69) is 37.6 Å². The molecule has 0 bridgehead atoms. The summed E-state index contributed by atoms with van der Waals surface area (Å²) in [5, 5.41) is 16.3. The molecule has 122 valence electrons. The lowest BCUT2D eigenvalue weighted by atomic mass is 10.2. The van der Waals surface area contributed by atoms with E-state index in [-0.39, 0.29) is 0 Å². The quantitative estimate of drug-likeness (QED) is 0.554. The number of anilines is 1. The van der Waals surface area contributed by atoms with E-state index in [4.69, 9.17) is 4.63 Å². The zero-order valence-electron chi connectivity index (χ0n) is 13.2. The molecular weight excluding hydrogens is 326 g/mol. The zero-order valence-corrected chi connectivity index (χ0v) is 14.0. The third kappa shape index (κ3) is 2.46. The predicted octanol–water partition coefficient (Wildman–Crippen LogP) is 2.56. The molecule has 0 aliphatic rings. The van der Waals surface area contributed by atoms with E-state index >= 15 is 0 Å². The number of fused-ring (bicyclic) bond motifs is 2. The summed E-state index contributed by atoms with van der Waals surface area (Å²) in [5.41, 5.74) is 4.39. The molecule has 24 heavy (non-hydrogen) atoms. The molecule has 0 atom stereocenters. The largest absolute Gasteiger partial charge is 0.350 e. The lowest BCUT2D eigenvalue weighted by Crippen LogP contribution is -2.10. The van der Waals surface area contributed by atoms with Crippen molar-refractivity contribution in [3.8, 4) is 0 Å². The number of aryl methyl sites for hydroxylation is 1. The van der Waals surface area contributed by atoms with Gasteiger partial charge in [-0.15, -0.1) is 0 Å². The molecule has 0 saturated heterocycles. The monoisotopic (exact) mass is 341 g/mol. The van der Waals surface area contributed by atoms with Crippen molar-refractivity contribution in [1.82, 2.24) is 29.9 Å². The van der Waals surface area contributed by atoms with Crippen molar-refractivity contribution in [3.05, 3.63) is 35.5 Å². The van der Waals surface area contributed by atoms with Crippen molar-refractivity contribution in [2.24, 2.45) is 0 Å². The summed E-state index contributed by atoms with van der Waals surface area (Å²) in [6.07, 6.45) is 4.67. The van der Waals surface area contributed by atoms with Gasteiger partial charge in [0.15, 0.2) is 10.8 Å². The van der Waals surface area contributed by atoms with Crippen LogP contribution in [-0.4, -0.2) is 36.2 Å². The van der Waals surface area contributed by atoms with Crippen LogP contribution >= 0.6 is 11.8 Å². The SMILES string of the molecule is CCc1cnn2c(NCc3cccc4nonc34)nc(SC)nc12. The van der Waals surface area contributed by atoms with E-state index in [1.54, 1.807) is 4.52 Å². The molecule has 0 aliphatic heterocycles. The fraction of sp³-hybridized carbons (Fsp3) is 0.267. The number of hydrogen-bond acceptors (Lipinski definition) is 8. The van der Waals surface area contributed by atoms with E-state index in [1.807, 2.05) is 30.7 Å². The normalized spacial score (nSPS) is 11.4. The Hall–Kier alpha value is -2.68. The van der Waals surface area contributed by atoms with Gasteiger partial charge in [0.1, 0.15) is 11.0 Å². The van der Waals surface area contributed by atoms with E-state index in [0.717, 1.165) is 34.2 Å². The van der Waals surface area contributed by atoms with Crippen molar-refractivity contribution in [2.45, 2.75) is 25.0 Å². The molecule has 3 aromatic heterocycles. The number of nitrogens with one attached hydrogen (secondary N) is 1. The second-order valence-electron chi connectivity index (χ2n) is 5.20. The lowest BCUT2D eigenvalue weighted by Gasteiger charge is -2.09. The first kappa shape index (κ1) is 14.9. The molecule has 1 aromatic carbocycles. The van der Waals surface area contributed by atoms with Crippen molar-refractivity contribution in [1.29, 1.82) is 0 Å². The Morgan fingerprint density at radius 3 is 2.96 bits per heavy atom. The minimum atomic E-state index is 0.535. The molecule has 1 N–H and O–H groups in total. The van der Waals surface area contributed by atoms with Gasteiger partial charge in [0.05, 0.1) is 6.20 Å². The van der Waals surface area contributed by atoms with Gasteiger partial charge < -0.3 is 5.32 Å². The van der Waals surface area contributed by atoms with Gasteiger partial charge in [-0.05, 0) is 29.1 Å². The molecule has 9 heteroatoms. The van der Waals surface area contributed by atoms with Gasteiger partial charge in [-0.1, -0.05) is 30.8 Å². The van der Waals surface area contributed by atoms with Crippen LogP contribution in [0.15, 0.2) is 34.2 Å². The Morgan fingerprint density at radius 1 is 1.21 bits per heavy atom. The summed E-state index contributed by atoms with van der Waals surface area (Å²) < 4.78 is 6.54. The molecule has 0 radical (unpaired) electrons. The Morgan fingerprint density at radius 2 is 2.12 bits per heavy atom. The van der Waals surface area contributed by atoms with Crippen LogP contribution in [0.2, 0.25) is 0 Å². The Bertz CT molecular complexity index is 1010. The number of nitrogens with zero attached hydrogens (tertiary/aromatic N) is 6. The fourth-order valence-electron chi connectivity index (χ4n) is 2.54. The van der Waals surface area contributed by atoms with Crippen LogP contribution in [0.5, 0.6) is 0 Å². The number of aromatic nitrogens is 6. The van der Waals surface area contributed by atoms with Crippen molar-refractivity contribution >= 4 is 34.4 Å². The minimum Gasteiger partial charge on any atom is -0.350 e. The summed E-state index contributed by atoms with van der Waals surface area (Å²) >= 11 is 1.51. The second-order valence-corrected chi connectivity index (χ2v) is 5.97. The first-order valence-electron chi connectivity index (χ1n) is 7.53. The third-order valence-electron chi connectivity index (χ3n) is 3.79. The summed E-state index contributed by atoms with van der Waals surface area (Å²) in [4.78, 5) is 9.09. The van der Waals surface area contributed by atoms with Gasteiger partial charge in [-0.25, -0.2) is 9.61 Å². The van der Waals surface area contributed by atoms with Crippen molar-refractivity contribution in [2.75, 3.05) is 11.6 Å². The smallest absolute Gasteiger partial charge is 0.228 e. The maximum absolute atomic E-state index is 4.81. The summed E-state index contributed by atoms with van der Waals surface area (Å²) in [5.74, 6) is 0.650. The highest BCUT2D eigenvalue weighted by Gasteiger charge is 2.13. The van der Waals surface area contributed by atoms with Gasteiger partial charge in [0.25, 0.3) is 0 Å². The van der Waals surface area contributed by atoms with Crippen LogP contribution in [-0.2, 0) is 13.0 Å². The zero-order chi connectivity index (χ0) is 16.5. The van der Waals surface area contributed by atoms with Crippen LogP contribution in [0.1, 0.15) is 18.1 Å². The number of hydrogen-bond donors (Lipinski definition) is 1. The molecule has 8 nitrogen and oxygen atoms in total. The van der Waals surface area contributed by atoms with Gasteiger partial charge in [-0.3, -0.25) is 0 Å². The first-order chi connectivity index (χ1) is 11.8. The minimum absolute atomic E-state index is 0.535. The molecule has 0 spiro atoms. The first-order valence-corrected chi connectivity index (χ1v) is 8.75. The Balaban J connectivity index is 1.71. The Labute approximate surface area is 141 Å². The van der Waals surface area contributed by atoms with Crippen LogP contribution < -0.4 is 5.32 Å². The fourth-order valence-corrected chi connectivity index (χ4v) is 2.89. The average molecular weight is 341 g/mol. The summed E-state index contributed by atoms with van der Waals surface area (Å²) in [6, 6.07) is 5.77. The topological polar surface area (TPSA) is 94.0 Å². The van der Waals surface area contributed by atoms with Crippen LogP contribution in [0.3, 0.4) is 0 Å². The van der Waals surface area contributed by atoms with E-state index in [1.165, 1.54) is 11.8 Å². The van der Waals surface area contributed by atoms with E-state index < -0.39 is 0 Å². The number of thioether (sulfide) groups is 1. The van der Waals surface area contributed by atoms with Crippen molar-refractivity contribution in [3.63, 3.8) is 0 Å². The molecule has 0 unspecified atom stereocenters. The maximum atomic E-state index is 4.81. The molecule has 0 fully saturated rings.